The molecule has 0 N–H and O–H groups in total. The first-order valence-electron chi connectivity index (χ1n) is 19.8. The van der Waals surface area contributed by atoms with Crippen molar-refractivity contribution in [2.75, 3.05) is 14.7 Å². The zero-order valence-corrected chi connectivity index (χ0v) is 32.8. The molecule has 9 aromatic carbocycles. The Hall–Kier alpha value is -7.60. The molecule has 59 heavy (non-hydrogen) atoms. The van der Waals surface area contributed by atoms with Crippen LogP contribution in [0.2, 0.25) is 0 Å². The van der Waals surface area contributed by atoms with Crippen LogP contribution in [0.5, 0.6) is 0 Å². The highest BCUT2D eigenvalue weighted by molar-refractivity contribution is 7.25. The molecule has 0 atom stereocenters. The molecule has 0 aliphatic carbocycles. The molecular formula is C54H37N3OS. The first kappa shape index (κ1) is 34.6. The summed E-state index contributed by atoms with van der Waals surface area (Å²) in [7, 11) is 0. The second kappa shape index (κ2) is 14.7. The monoisotopic (exact) mass is 775 g/mol. The van der Waals surface area contributed by atoms with Gasteiger partial charge in [-0.2, -0.15) is 0 Å². The number of hydrogen-bond donors (Lipinski definition) is 0. The highest BCUT2D eigenvalue weighted by atomic mass is 32.1. The third-order valence-electron chi connectivity index (χ3n) is 11.0. The van der Waals surface area contributed by atoms with Crippen LogP contribution in [0.1, 0.15) is 0 Å². The minimum Gasteiger partial charge on any atom is -0.456 e. The number of para-hydroxylation sites is 6. The average Bonchev–Trinajstić information content (AvgIpc) is 3.86. The molecule has 4 nitrogen and oxygen atoms in total. The molecule has 0 bridgehead atoms. The number of nitrogens with zero attached hydrogens (tertiary/aromatic N) is 3. The summed E-state index contributed by atoms with van der Waals surface area (Å²) in [5.41, 5.74) is 11.4. The van der Waals surface area contributed by atoms with Crippen molar-refractivity contribution in [1.29, 1.82) is 0 Å². The minimum atomic E-state index is 0.827. The van der Waals surface area contributed by atoms with E-state index < -0.39 is 0 Å². The van der Waals surface area contributed by atoms with Crippen LogP contribution in [-0.2, 0) is 0 Å². The summed E-state index contributed by atoms with van der Waals surface area (Å²) in [5, 5.41) is 4.62. The molecular weight excluding hydrogens is 739 g/mol. The van der Waals surface area contributed by atoms with Crippen molar-refractivity contribution in [3.05, 3.63) is 224 Å². The fraction of sp³-hybridized carbons (Fsp3) is 0. The second-order valence-corrected chi connectivity index (χ2v) is 15.7. The number of rotatable bonds is 9. The first-order chi connectivity index (χ1) is 29.3. The van der Waals surface area contributed by atoms with Crippen LogP contribution in [0, 0.1) is 0 Å². The number of benzene rings is 9. The zero-order valence-electron chi connectivity index (χ0n) is 32.0. The van der Waals surface area contributed by atoms with E-state index in [9.17, 15) is 0 Å². The Bertz CT molecular complexity index is 3140. The normalized spacial score (nSPS) is 11.4. The number of thiophene rings is 1. The number of anilines is 9. The summed E-state index contributed by atoms with van der Waals surface area (Å²) < 4.78 is 9.20. The number of hydrogen-bond acceptors (Lipinski definition) is 5. The van der Waals surface area contributed by atoms with E-state index >= 15 is 0 Å². The molecule has 0 aliphatic rings. The van der Waals surface area contributed by atoms with E-state index in [0.717, 1.165) is 73.1 Å². The summed E-state index contributed by atoms with van der Waals surface area (Å²) >= 11 is 1.83. The highest BCUT2D eigenvalue weighted by Gasteiger charge is 2.24. The van der Waals surface area contributed by atoms with E-state index in [-0.39, 0.29) is 0 Å². The van der Waals surface area contributed by atoms with Gasteiger partial charge in [-0.25, -0.2) is 0 Å². The average molecular weight is 776 g/mol. The van der Waals surface area contributed by atoms with Crippen LogP contribution < -0.4 is 14.7 Å². The quantitative estimate of drug-likeness (QED) is 0.146. The topological polar surface area (TPSA) is 22.9 Å². The molecule has 0 radical (unpaired) electrons. The predicted molar refractivity (Wildman–Crippen MR) is 251 cm³/mol. The first-order valence-corrected chi connectivity index (χ1v) is 20.7. The van der Waals surface area contributed by atoms with Gasteiger partial charge in [0, 0.05) is 71.4 Å². The van der Waals surface area contributed by atoms with Gasteiger partial charge < -0.3 is 19.1 Å². The molecule has 0 unspecified atom stereocenters. The van der Waals surface area contributed by atoms with Gasteiger partial charge in [-0.3, -0.25) is 0 Å². The molecule has 0 saturated heterocycles. The standard InChI is InChI=1S/C54H37N3OS/c1-6-18-38(19-7-1)55(39-20-8-2-9-21-39)43-31-33-52-48(34-43)46-32-30-44(37-53(46)59-52)56(40-22-10-3-11-23-40)45-35-49(54-47-28-16-17-29-50(47)58-51(54)36-45)57(41-24-12-4-13-25-41)42-26-14-5-15-27-42/h1-37H. The Morgan fingerprint density at radius 2 is 0.763 bits per heavy atom. The molecule has 2 aromatic heterocycles. The van der Waals surface area contributed by atoms with E-state index in [0.29, 0.717) is 0 Å². The van der Waals surface area contributed by atoms with Crippen molar-refractivity contribution in [2.45, 2.75) is 0 Å². The Morgan fingerprint density at radius 3 is 1.34 bits per heavy atom. The SMILES string of the molecule is c1ccc(N(c2cc(N(c3ccccc3)c3ccccc3)c3c(c2)oc2ccccc23)c2ccc3c(c2)sc2ccc(N(c4ccccc4)c4ccccc4)cc23)cc1. The maximum absolute atomic E-state index is 6.73. The van der Waals surface area contributed by atoms with Crippen molar-refractivity contribution in [1.82, 2.24) is 0 Å². The van der Waals surface area contributed by atoms with Crippen molar-refractivity contribution in [3.63, 3.8) is 0 Å². The van der Waals surface area contributed by atoms with Gasteiger partial charge in [-0.15, -0.1) is 11.3 Å². The van der Waals surface area contributed by atoms with E-state index in [1.165, 1.54) is 20.2 Å². The minimum absolute atomic E-state index is 0.827. The molecule has 280 valence electrons. The Kier molecular flexibility index (Phi) is 8.64. The molecule has 11 rings (SSSR count). The van der Waals surface area contributed by atoms with Crippen LogP contribution in [0.4, 0.5) is 51.2 Å². The van der Waals surface area contributed by atoms with Gasteiger partial charge in [-0.1, -0.05) is 115 Å². The number of furan rings is 1. The molecule has 0 fully saturated rings. The maximum atomic E-state index is 6.73. The van der Waals surface area contributed by atoms with Crippen molar-refractivity contribution in [3.8, 4) is 0 Å². The lowest BCUT2D eigenvalue weighted by atomic mass is 10.1. The van der Waals surface area contributed by atoms with Crippen LogP contribution >= 0.6 is 11.3 Å². The Morgan fingerprint density at radius 1 is 0.288 bits per heavy atom. The van der Waals surface area contributed by atoms with Gasteiger partial charge in [0.15, 0.2) is 0 Å². The van der Waals surface area contributed by atoms with E-state index in [4.69, 9.17) is 4.42 Å². The summed E-state index contributed by atoms with van der Waals surface area (Å²) in [6.07, 6.45) is 0. The summed E-state index contributed by atoms with van der Waals surface area (Å²) in [6, 6.07) is 79.6. The molecule has 2 heterocycles. The molecule has 11 aromatic rings. The van der Waals surface area contributed by atoms with Crippen LogP contribution in [0.15, 0.2) is 229 Å². The summed E-state index contributed by atoms with van der Waals surface area (Å²) in [6.45, 7) is 0. The van der Waals surface area contributed by atoms with Gasteiger partial charge in [0.2, 0.25) is 0 Å². The third kappa shape index (κ3) is 6.25. The maximum Gasteiger partial charge on any atom is 0.139 e. The van der Waals surface area contributed by atoms with Gasteiger partial charge >= 0.3 is 0 Å². The summed E-state index contributed by atoms with van der Waals surface area (Å²) in [4.78, 5) is 7.03. The van der Waals surface area contributed by atoms with E-state index in [1.54, 1.807) is 0 Å². The van der Waals surface area contributed by atoms with Crippen LogP contribution in [-0.4, -0.2) is 0 Å². The lowest BCUT2D eigenvalue weighted by Gasteiger charge is -2.30. The third-order valence-corrected chi connectivity index (χ3v) is 12.1. The van der Waals surface area contributed by atoms with Gasteiger partial charge in [0.25, 0.3) is 0 Å². The smallest absolute Gasteiger partial charge is 0.139 e. The van der Waals surface area contributed by atoms with E-state index in [1.807, 2.05) is 17.4 Å². The zero-order chi connectivity index (χ0) is 39.1. The van der Waals surface area contributed by atoms with Crippen LogP contribution in [0.3, 0.4) is 0 Å². The molecule has 0 spiro atoms. The van der Waals surface area contributed by atoms with Crippen molar-refractivity contribution in [2.24, 2.45) is 0 Å². The fourth-order valence-corrected chi connectivity index (χ4v) is 9.48. The van der Waals surface area contributed by atoms with Crippen LogP contribution in [0.25, 0.3) is 42.1 Å². The van der Waals surface area contributed by atoms with Gasteiger partial charge in [0.05, 0.1) is 16.8 Å². The van der Waals surface area contributed by atoms with Crippen molar-refractivity contribution < 1.29 is 4.42 Å². The highest BCUT2D eigenvalue weighted by Crippen LogP contribution is 2.48. The molecule has 0 amide bonds. The molecule has 5 heteroatoms. The van der Waals surface area contributed by atoms with Gasteiger partial charge in [0.1, 0.15) is 11.2 Å². The lowest BCUT2D eigenvalue weighted by molar-refractivity contribution is 0.669. The molecule has 0 aliphatic heterocycles. The second-order valence-electron chi connectivity index (χ2n) is 14.6. The number of fused-ring (bicyclic) bond motifs is 6. The summed E-state index contributed by atoms with van der Waals surface area (Å²) in [5.74, 6) is 0. The Labute approximate surface area is 346 Å². The Balaban J connectivity index is 1.10. The fourth-order valence-electron chi connectivity index (χ4n) is 8.36. The lowest BCUT2D eigenvalue weighted by Crippen LogP contribution is -2.13. The van der Waals surface area contributed by atoms with E-state index in [2.05, 4.69) is 233 Å². The van der Waals surface area contributed by atoms with Gasteiger partial charge in [-0.05, 0) is 103 Å². The molecule has 0 saturated carbocycles. The van der Waals surface area contributed by atoms with Crippen molar-refractivity contribution >= 4 is 105 Å². The largest absolute Gasteiger partial charge is 0.456 e. The predicted octanol–water partition coefficient (Wildman–Crippen LogP) is 16.4.